The predicted molar refractivity (Wildman–Crippen MR) is 93.4 cm³/mol. The first-order valence-electron chi connectivity index (χ1n) is 8.48. The number of halogens is 1. The maximum absolute atomic E-state index is 12.5. The van der Waals surface area contributed by atoms with Crippen LogP contribution in [0.25, 0.3) is 0 Å². The van der Waals surface area contributed by atoms with Crippen LogP contribution < -0.4 is 4.90 Å². The second kappa shape index (κ2) is 6.39. The van der Waals surface area contributed by atoms with Gasteiger partial charge in [-0.3, -0.25) is 0 Å². The van der Waals surface area contributed by atoms with Gasteiger partial charge < -0.3 is 14.5 Å². The van der Waals surface area contributed by atoms with Crippen molar-refractivity contribution >= 4 is 23.5 Å². The molecule has 6 nitrogen and oxygen atoms in total. The van der Waals surface area contributed by atoms with Crippen molar-refractivity contribution < 1.29 is 9.53 Å². The molecule has 0 aliphatic carbocycles. The summed E-state index contributed by atoms with van der Waals surface area (Å²) in [5.74, 6) is 0.814. The second-order valence-corrected chi connectivity index (χ2v) is 8.11. The van der Waals surface area contributed by atoms with Gasteiger partial charge in [-0.05, 0) is 58.6 Å². The molecule has 0 N–H and O–H groups in total. The van der Waals surface area contributed by atoms with Crippen LogP contribution in [0.4, 0.5) is 10.6 Å². The van der Waals surface area contributed by atoms with Gasteiger partial charge in [0.1, 0.15) is 5.60 Å². The quantitative estimate of drug-likeness (QED) is 0.815. The Labute approximate surface area is 148 Å². The Morgan fingerprint density at radius 2 is 1.88 bits per heavy atom. The van der Waals surface area contributed by atoms with Gasteiger partial charge >= 0.3 is 6.09 Å². The van der Waals surface area contributed by atoms with Crippen LogP contribution in [0.1, 0.15) is 46.5 Å². The highest BCUT2D eigenvalue weighted by atomic mass is 35.5. The molecule has 1 aromatic heterocycles. The van der Waals surface area contributed by atoms with E-state index in [0.29, 0.717) is 11.2 Å². The fourth-order valence-electron chi connectivity index (χ4n) is 3.76. The summed E-state index contributed by atoms with van der Waals surface area (Å²) >= 11 is 5.81. The molecule has 2 bridgehead atoms. The highest BCUT2D eigenvalue weighted by molar-refractivity contribution is 6.29. The summed E-state index contributed by atoms with van der Waals surface area (Å²) in [7, 11) is 2.03. The number of fused-ring (bicyclic) bond motifs is 2. The Balaban J connectivity index is 1.68. The Morgan fingerprint density at radius 1 is 1.25 bits per heavy atom. The third-order valence-electron chi connectivity index (χ3n) is 4.84. The third-order valence-corrected chi connectivity index (χ3v) is 5.04. The lowest BCUT2D eigenvalue weighted by atomic mass is 9.96. The molecule has 3 heterocycles. The molecular formula is C17H25ClN4O2. The van der Waals surface area contributed by atoms with E-state index in [4.69, 9.17) is 16.3 Å². The van der Waals surface area contributed by atoms with E-state index in [9.17, 15) is 4.79 Å². The van der Waals surface area contributed by atoms with Crippen LogP contribution in [0.2, 0.25) is 5.15 Å². The molecule has 132 valence electrons. The second-order valence-electron chi connectivity index (χ2n) is 7.72. The molecule has 2 aliphatic heterocycles. The topological polar surface area (TPSA) is 58.6 Å². The summed E-state index contributed by atoms with van der Waals surface area (Å²) in [5, 5.41) is 8.48. The van der Waals surface area contributed by atoms with Crippen molar-refractivity contribution in [3.05, 3.63) is 17.3 Å². The van der Waals surface area contributed by atoms with E-state index in [-0.39, 0.29) is 18.2 Å². The maximum Gasteiger partial charge on any atom is 0.410 e. The molecule has 24 heavy (non-hydrogen) atoms. The fourth-order valence-corrected chi connectivity index (χ4v) is 3.86. The van der Waals surface area contributed by atoms with Crippen LogP contribution in [-0.2, 0) is 4.74 Å². The van der Waals surface area contributed by atoms with Crippen molar-refractivity contribution in [1.29, 1.82) is 0 Å². The normalized spacial score (nSPS) is 26.4. The largest absolute Gasteiger partial charge is 0.444 e. The minimum Gasteiger partial charge on any atom is -0.444 e. The summed E-state index contributed by atoms with van der Waals surface area (Å²) in [6, 6.07) is 4.47. The van der Waals surface area contributed by atoms with Crippen molar-refractivity contribution in [2.24, 2.45) is 0 Å². The maximum atomic E-state index is 12.5. The molecule has 0 aromatic carbocycles. The zero-order chi connectivity index (χ0) is 17.5. The Kier molecular flexibility index (Phi) is 4.60. The van der Waals surface area contributed by atoms with Gasteiger partial charge in [-0.25, -0.2) is 4.79 Å². The van der Waals surface area contributed by atoms with E-state index >= 15 is 0 Å². The number of carbonyl (C=O) groups is 1. The molecule has 2 fully saturated rings. The summed E-state index contributed by atoms with van der Waals surface area (Å²) in [4.78, 5) is 16.6. The molecule has 0 saturated carbocycles. The lowest BCUT2D eigenvalue weighted by Crippen LogP contribution is -2.53. The van der Waals surface area contributed by atoms with Gasteiger partial charge in [-0.1, -0.05) is 11.6 Å². The molecule has 2 atom stereocenters. The zero-order valence-corrected chi connectivity index (χ0v) is 15.5. The SMILES string of the molecule is CN(c1ccc(Cl)nn1)C1CC2CCC(C1)N2C(=O)OC(C)(C)C. The number of carbonyl (C=O) groups excluding carboxylic acids is 1. The molecule has 1 aromatic rings. The van der Waals surface area contributed by atoms with Gasteiger partial charge in [0.05, 0.1) is 0 Å². The smallest absolute Gasteiger partial charge is 0.410 e. The number of anilines is 1. The fraction of sp³-hybridized carbons (Fsp3) is 0.706. The number of piperidine rings is 1. The van der Waals surface area contributed by atoms with Gasteiger partial charge in [0, 0.05) is 25.2 Å². The van der Waals surface area contributed by atoms with Gasteiger partial charge in [0.2, 0.25) is 0 Å². The first-order chi connectivity index (χ1) is 11.2. The Morgan fingerprint density at radius 3 is 2.38 bits per heavy atom. The number of aromatic nitrogens is 2. The summed E-state index contributed by atoms with van der Waals surface area (Å²) < 4.78 is 5.59. The molecule has 0 spiro atoms. The minimum absolute atomic E-state index is 0.178. The number of nitrogens with zero attached hydrogens (tertiary/aromatic N) is 4. The van der Waals surface area contributed by atoms with Crippen molar-refractivity contribution in [2.45, 2.75) is 70.2 Å². The molecule has 2 unspecified atom stereocenters. The monoisotopic (exact) mass is 352 g/mol. The molecule has 0 radical (unpaired) electrons. The lowest BCUT2D eigenvalue weighted by Gasteiger charge is -2.42. The lowest BCUT2D eigenvalue weighted by molar-refractivity contribution is 0.00597. The molecule has 3 rings (SSSR count). The third kappa shape index (κ3) is 3.58. The average Bonchev–Trinajstić information content (AvgIpc) is 2.76. The Hall–Kier alpha value is -1.56. The number of amides is 1. The molecule has 1 amide bonds. The highest BCUT2D eigenvalue weighted by Gasteiger charge is 2.45. The number of ether oxygens (including phenoxy) is 1. The average molecular weight is 353 g/mol. The zero-order valence-electron chi connectivity index (χ0n) is 14.7. The van der Waals surface area contributed by atoms with Crippen LogP contribution in [0.15, 0.2) is 12.1 Å². The van der Waals surface area contributed by atoms with E-state index in [1.54, 1.807) is 6.07 Å². The van der Waals surface area contributed by atoms with Crippen molar-refractivity contribution in [2.75, 3.05) is 11.9 Å². The van der Waals surface area contributed by atoms with Crippen LogP contribution in [-0.4, -0.2) is 52.0 Å². The molecule has 2 aliphatic rings. The molecule has 2 saturated heterocycles. The van der Waals surface area contributed by atoms with E-state index in [2.05, 4.69) is 15.1 Å². The summed E-state index contributed by atoms with van der Waals surface area (Å²) in [6.07, 6.45) is 3.76. The number of hydrogen-bond acceptors (Lipinski definition) is 5. The van der Waals surface area contributed by atoms with E-state index in [1.807, 2.05) is 38.8 Å². The standard InChI is InChI=1S/C17H25ClN4O2/c1-17(2,3)24-16(23)22-11-5-6-12(22)10-13(9-11)21(4)15-8-7-14(18)19-20-15/h7-8,11-13H,5-6,9-10H2,1-4H3. The van der Waals surface area contributed by atoms with Crippen LogP contribution in [0.5, 0.6) is 0 Å². The van der Waals surface area contributed by atoms with E-state index < -0.39 is 5.60 Å². The van der Waals surface area contributed by atoms with Gasteiger partial charge in [0.25, 0.3) is 0 Å². The van der Waals surface area contributed by atoms with Crippen LogP contribution in [0, 0.1) is 0 Å². The highest BCUT2D eigenvalue weighted by Crippen LogP contribution is 2.39. The van der Waals surface area contributed by atoms with Gasteiger partial charge in [-0.15, -0.1) is 10.2 Å². The molecule has 7 heteroatoms. The van der Waals surface area contributed by atoms with Crippen molar-refractivity contribution in [3.8, 4) is 0 Å². The number of hydrogen-bond donors (Lipinski definition) is 0. The van der Waals surface area contributed by atoms with E-state index in [1.165, 1.54) is 0 Å². The Bertz CT molecular complexity index is 588. The van der Waals surface area contributed by atoms with Crippen molar-refractivity contribution in [3.63, 3.8) is 0 Å². The number of rotatable bonds is 2. The summed E-state index contributed by atoms with van der Waals surface area (Å²) in [6.45, 7) is 5.73. The molecular weight excluding hydrogens is 328 g/mol. The van der Waals surface area contributed by atoms with Gasteiger partial charge in [0.15, 0.2) is 11.0 Å². The van der Waals surface area contributed by atoms with Crippen molar-refractivity contribution in [1.82, 2.24) is 15.1 Å². The van der Waals surface area contributed by atoms with Gasteiger partial charge in [-0.2, -0.15) is 0 Å². The first-order valence-corrected chi connectivity index (χ1v) is 8.86. The first kappa shape index (κ1) is 17.3. The van der Waals surface area contributed by atoms with E-state index in [0.717, 1.165) is 31.5 Å². The van der Waals surface area contributed by atoms with Crippen LogP contribution >= 0.6 is 11.6 Å². The minimum atomic E-state index is -0.455. The van der Waals surface area contributed by atoms with Crippen LogP contribution in [0.3, 0.4) is 0 Å². The predicted octanol–water partition coefficient (Wildman–Crippen LogP) is 3.50. The summed E-state index contributed by atoms with van der Waals surface area (Å²) in [5.41, 5.74) is -0.455.